The largest absolute Gasteiger partial charge is 0.506 e. The number of fused-ring (bicyclic) bond motifs is 1. The van der Waals surface area contributed by atoms with E-state index >= 15 is 0 Å². The van der Waals surface area contributed by atoms with Crippen LogP contribution in [0.5, 0.6) is 11.5 Å². The minimum absolute atomic E-state index is 0.0157. The van der Waals surface area contributed by atoms with Crippen molar-refractivity contribution in [1.29, 1.82) is 0 Å². The molecule has 0 unspecified atom stereocenters. The number of ether oxygens (including phenoxy) is 1. The number of aromatic hydroxyl groups is 1. The molecule has 1 amide bonds. The topological polar surface area (TPSA) is 135 Å². The Morgan fingerprint density at radius 1 is 0.796 bits per heavy atom. The van der Waals surface area contributed by atoms with E-state index in [1.807, 2.05) is 78.9 Å². The fourth-order valence-corrected chi connectivity index (χ4v) is 5.99. The van der Waals surface area contributed by atoms with Crippen LogP contribution in [0.2, 0.25) is 0 Å². The summed E-state index contributed by atoms with van der Waals surface area (Å²) in [5.41, 5.74) is 4.19. The number of unbranched alkanes of at least 4 members (excludes halogenated alkanes) is 6. The number of hydrogen-bond donors (Lipinski definition) is 5. The Bertz CT molecular complexity index is 1860. The van der Waals surface area contributed by atoms with Crippen molar-refractivity contribution in [3.05, 3.63) is 125 Å². The summed E-state index contributed by atoms with van der Waals surface area (Å²) in [4.78, 5) is 27.8. The highest BCUT2D eigenvalue weighted by Gasteiger charge is 2.17. The maximum Gasteiger partial charge on any atom is 0.412 e. The van der Waals surface area contributed by atoms with Gasteiger partial charge >= 0.3 is 6.09 Å². The van der Waals surface area contributed by atoms with Crippen molar-refractivity contribution in [3.63, 3.8) is 0 Å². The average molecular weight is 664 g/mol. The summed E-state index contributed by atoms with van der Waals surface area (Å²) in [6.07, 6.45) is 5.86. The number of phenols is 1. The SMILES string of the molecule is O=C(O)N(Cc1cccc(OCCCCCCCCCNC[C@H](O)c2ccc(O)c3[nH]c(=O)ccc23)c1)c1cccc(-c2ccccc2)c1. The van der Waals surface area contributed by atoms with Gasteiger partial charge in [-0.1, -0.05) is 92.8 Å². The molecular formula is C40H45N3O6. The van der Waals surface area contributed by atoms with Gasteiger partial charge in [0.25, 0.3) is 0 Å². The molecule has 0 spiro atoms. The van der Waals surface area contributed by atoms with Gasteiger partial charge in [0.15, 0.2) is 0 Å². The Labute approximate surface area is 286 Å². The summed E-state index contributed by atoms with van der Waals surface area (Å²) in [5.74, 6) is 0.727. The molecular weight excluding hydrogens is 618 g/mol. The molecule has 0 fully saturated rings. The zero-order valence-electron chi connectivity index (χ0n) is 27.7. The molecule has 9 nitrogen and oxygen atoms in total. The number of nitrogens with zero attached hydrogens (tertiary/aromatic N) is 1. The Morgan fingerprint density at radius 3 is 2.33 bits per heavy atom. The van der Waals surface area contributed by atoms with Crippen LogP contribution in [-0.2, 0) is 6.54 Å². The zero-order chi connectivity index (χ0) is 34.4. The van der Waals surface area contributed by atoms with Gasteiger partial charge in [-0.05, 0) is 78.0 Å². The Kier molecular flexibility index (Phi) is 12.8. The third kappa shape index (κ3) is 10.2. The molecule has 4 aromatic carbocycles. The Balaban J connectivity index is 0.952. The van der Waals surface area contributed by atoms with Crippen molar-refractivity contribution >= 4 is 22.7 Å². The minimum atomic E-state index is -1.01. The first-order valence-corrected chi connectivity index (χ1v) is 17.0. The number of benzene rings is 4. The van der Waals surface area contributed by atoms with E-state index in [-0.39, 0.29) is 17.9 Å². The first-order chi connectivity index (χ1) is 23.9. The maximum atomic E-state index is 12.2. The second kappa shape index (κ2) is 17.9. The third-order valence-electron chi connectivity index (χ3n) is 8.61. The van der Waals surface area contributed by atoms with E-state index in [0.29, 0.717) is 35.3 Å². The van der Waals surface area contributed by atoms with Crippen molar-refractivity contribution < 1.29 is 24.9 Å². The second-order valence-electron chi connectivity index (χ2n) is 12.3. The highest BCUT2D eigenvalue weighted by molar-refractivity contribution is 5.88. The summed E-state index contributed by atoms with van der Waals surface area (Å²) < 4.78 is 6.01. The van der Waals surface area contributed by atoms with E-state index in [9.17, 15) is 24.9 Å². The monoisotopic (exact) mass is 663 g/mol. The third-order valence-corrected chi connectivity index (χ3v) is 8.61. The fraction of sp³-hybridized carbons (Fsp3) is 0.300. The van der Waals surface area contributed by atoms with Gasteiger partial charge < -0.3 is 30.4 Å². The number of hydrogen-bond acceptors (Lipinski definition) is 6. The summed E-state index contributed by atoms with van der Waals surface area (Å²) in [6.45, 7) is 2.03. The first kappa shape index (κ1) is 35.2. The summed E-state index contributed by atoms with van der Waals surface area (Å²) in [5, 5.41) is 34.7. The van der Waals surface area contributed by atoms with Crippen molar-refractivity contribution in [2.75, 3.05) is 24.6 Å². The molecule has 5 rings (SSSR count). The molecule has 0 aliphatic heterocycles. The number of carbonyl (C=O) groups is 1. The highest BCUT2D eigenvalue weighted by Crippen LogP contribution is 2.29. The molecule has 256 valence electrons. The van der Waals surface area contributed by atoms with Gasteiger partial charge in [0.05, 0.1) is 24.8 Å². The van der Waals surface area contributed by atoms with Crippen LogP contribution in [0.4, 0.5) is 10.5 Å². The predicted molar refractivity (Wildman–Crippen MR) is 194 cm³/mol. The van der Waals surface area contributed by atoms with Crippen molar-refractivity contribution in [2.24, 2.45) is 0 Å². The lowest BCUT2D eigenvalue weighted by molar-refractivity contribution is 0.176. The van der Waals surface area contributed by atoms with Crippen molar-refractivity contribution in [1.82, 2.24) is 10.3 Å². The van der Waals surface area contributed by atoms with Gasteiger partial charge in [-0.25, -0.2) is 4.79 Å². The van der Waals surface area contributed by atoms with E-state index in [1.165, 1.54) is 17.0 Å². The molecule has 0 saturated heterocycles. The van der Waals surface area contributed by atoms with Gasteiger partial charge in [0.2, 0.25) is 5.56 Å². The lowest BCUT2D eigenvalue weighted by Gasteiger charge is -2.20. The van der Waals surface area contributed by atoms with Gasteiger partial charge in [0, 0.05) is 23.7 Å². The number of aromatic amines is 1. The minimum Gasteiger partial charge on any atom is -0.506 e. The number of amides is 1. The standard InChI is InChI=1S/C40H45N3O6/c44-36-21-19-34(35-20-22-38(46)42-39(35)36)37(45)27-41-23-9-4-2-1-3-5-10-24-49-33-18-11-13-29(25-33)28-43(40(47)48)32-17-12-16-31(26-32)30-14-7-6-8-15-30/h6-8,11-22,25-26,37,41,44-45H,1-5,9-10,23-24,27-28H2,(H,42,46)(H,47,48)/t37-/m0/s1. The number of aliphatic hydroxyl groups excluding tert-OH is 1. The number of phenolic OH excluding ortho intramolecular Hbond substituents is 1. The van der Waals surface area contributed by atoms with E-state index in [4.69, 9.17) is 4.74 Å². The fourth-order valence-electron chi connectivity index (χ4n) is 5.99. The quantitative estimate of drug-likeness (QED) is 0.0599. The maximum absolute atomic E-state index is 12.2. The number of H-pyrrole nitrogens is 1. The van der Waals surface area contributed by atoms with Gasteiger partial charge in [-0.2, -0.15) is 0 Å². The summed E-state index contributed by atoms with van der Waals surface area (Å²) >= 11 is 0. The van der Waals surface area contributed by atoms with Crippen LogP contribution >= 0.6 is 0 Å². The molecule has 49 heavy (non-hydrogen) atoms. The first-order valence-electron chi connectivity index (χ1n) is 17.0. The smallest absolute Gasteiger partial charge is 0.412 e. The molecule has 5 aromatic rings. The van der Waals surface area contributed by atoms with Crippen LogP contribution in [0.3, 0.4) is 0 Å². The second-order valence-corrected chi connectivity index (χ2v) is 12.3. The van der Waals surface area contributed by atoms with Crippen molar-refractivity contribution in [3.8, 4) is 22.6 Å². The summed E-state index contributed by atoms with van der Waals surface area (Å²) in [7, 11) is 0. The molecule has 0 aliphatic rings. The molecule has 1 heterocycles. The molecule has 0 bridgehead atoms. The van der Waals surface area contributed by atoms with E-state index in [1.54, 1.807) is 12.1 Å². The number of aliphatic hydroxyl groups is 1. The molecule has 1 aromatic heterocycles. The molecule has 9 heteroatoms. The normalized spacial score (nSPS) is 11.8. The van der Waals surface area contributed by atoms with Crippen LogP contribution in [-0.4, -0.2) is 46.1 Å². The van der Waals surface area contributed by atoms with E-state index in [0.717, 1.165) is 73.9 Å². The summed E-state index contributed by atoms with van der Waals surface area (Å²) in [6, 6.07) is 31.3. The lowest BCUT2D eigenvalue weighted by Crippen LogP contribution is -2.28. The zero-order valence-corrected chi connectivity index (χ0v) is 27.7. The van der Waals surface area contributed by atoms with Gasteiger partial charge in [-0.3, -0.25) is 9.69 Å². The van der Waals surface area contributed by atoms with Gasteiger partial charge in [0.1, 0.15) is 11.5 Å². The number of aromatic nitrogens is 1. The Hall–Kier alpha value is -5.12. The van der Waals surface area contributed by atoms with E-state index in [2.05, 4.69) is 10.3 Å². The van der Waals surface area contributed by atoms with Crippen LogP contribution in [0.25, 0.3) is 22.0 Å². The lowest BCUT2D eigenvalue weighted by atomic mass is 10.0. The van der Waals surface area contributed by atoms with Gasteiger partial charge in [-0.15, -0.1) is 0 Å². The van der Waals surface area contributed by atoms with Crippen LogP contribution in [0, 0.1) is 0 Å². The molecule has 0 radical (unpaired) electrons. The number of carboxylic acid groups (broad SMARTS) is 1. The average Bonchev–Trinajstić information content (AvgIpc) is 3.12. The number of anilines is 1. The highest BCUT2D eigenvalue weighted by atomic mass is 16.5. The predicted octanol–water partition coefficient (Wildman–Crippen LogP) is 8.02. The molecule has 5 N–H and O–H groups in total. The number of nitrogens with one attached hydrogen (secondary N) is 2. The van der Waals surface area contributed by atoms with Crippen molar-refractivity contribution in [2.45, 2.75) is 57.6 Å². The van der Waals surface area contributed by atoms with E-state index < -0.39 is 12.2 Å². The van der Waals surface area contributed by atoms with Crippen LogP contribution in [0.15, 0.2) is 108 Å². The Morgan fingerprint density at radius 2 is 1.53 bits per heavy atom. The molecule has 0 aliphatic carbocycles. The number of rotatable bonds is 18. The number of pyridine rings is 1. The molecule has 1 atom stereocenters. The van der Waals surface area contributed by atoms with Crippen LogP contribution < -0.4 is 20.5 Å². The molecule has 0 saturated carbocycles. The van der Waals surface area contributed by atoms with Crippen LogP contribution in [0.1, 0.15) is 62.2 Å².